The highest BCUT2D eigenvalue weighted by Crippen LogP contribution is 2.37. The molecule has 0 saturated heterocycles. The summed E-state index contributed by atoms with van der Waals surface area (Å²) in [6.07, 6.45) is 6.19. The molecule has 0 radical (unpaired) electrons. The topological polar surface area (TPSA) is 138 Å². The number of methoxy groups -OCH3 is 1. The number of rotatable bonds is 16. The molecule has 2 aliphatic carbocycles. The van der Waals surface area contributed by atoms with Crippen LogP contribution in [0.5, 0.6) is 11.5 Å². The van der Waals surface area contributed by atoms with Crippen molar-refractivity contribution in [3.63, 3.8) is 0 Å². The van der Waals surface area contributed by atoms with Crippen molar-refractivity contribution in [2.45, 2.75) is 96.2 Å². The SMILES string of the molecule is COc1cc(CO)cc(I)c1O[C@H]1C=C(C(=O)NCCO)C[C@@H](N(CCCOC(C)C)C(=O)CCC2CCCC2)[C@@H]1O. The Morgan fingerprint density at radius 3 is 2.57 bits per heavy atom. The number of aliphatic hydroxyl groups is 3. The van der Waals surface area contributed by atoms with Crippen molar-refractivity contribution in [3.05, 3.63) is 32.9 Å². The van der Waals surface area contributed by atoms with E-state index in [4.69, 9.17) is 14.2 Å². The van der Waals surface area contributed by atoms with Gasteiger partial charge in [-0.05, 0) is 79.0 Å². The lowest BCUT2D eigenvalue weighted by Crippen LogP contribution is -2.55. The first-order valence-electron chi connectivity index (χ1n) is 15.0. The summed E-state index contributed by atoms with van der Waals surface area (Å²) < 4.78 is 18.3. The van der Waals surface area contributed by atoms with Gasteiger partial charge in [0, 0.05) is 38.1 Å². The number of ether oxygens (including phenoxy) is 3. The van der Waals surface area contributed by atoms with E-state index in [1.165, 1.54) is 20.0 Å². The molecule has 0 spiro atoms. The Labute approximate surface area is 262 Å². The van der Waals surface area contributed by atoms with Crippen LogP contribution in [-0.2, 0) is 20.9 Å². The van der Waals surface area contributed by atoms with Crippen LogP contribution < -0.4 is 14.8 Å². The summed E-state index contributed by atoms with van der Waals surface area (Å²) in [5.74, 6) is 0.869. The summed E-state index contributed by atoms with van der Waals surface area (Å²) >= 11 is 2.08. The van der Waals surface area contributed by atoms with Crippen LogP contribution in [-0.4, -0.2) is 89.8 Å². The molecule has 0 unspecified atom stereocenters. The largest absolute Gasteiger partial charge is 0.493 e. The second kappa shape index (κ2) is 17.4. The molecule has 0 bridgehead atoms. The molecule has 1 aromatic rings. The Morgan fingerprint density at radius 1 is 1.19 bits per heavy atom. The number of nitrogens with one attached hydrogen (secondary N) is 1. The third-order valence-corrected chi connectivity index (χ3v) is 8.70. The first kappa shape index (κ1) is 34.6. The molecule has 0 heterocycles. The molecule has 3 rings (SSSR count). The van der Waals surface area contributed by atoms with E-state index in [0.29, 0.717) is 58.1 Å². The molecule has 0 aliphatic heterocycles. The predicted molar refractivity (Wildman–Crippen MR) is 167 cm³/mol. The summed E-state index contributed by atoms with van der Waals surface area (Å²) in [6, 6.07) is 2.72. The van der Waals surface area contributed by atoms with Crippen molar-refractivity contribution in [3.8, 4) is 11.5 Å². The zero-order chi connectivity index (χ0) is 30.6. The second-order valence-corrected chi connectivity index (χ2v) is 12.5. The van der Waals surface area contributed by atoms with Crippen molar-refractivity contribution < 1.29 is 39.1 Å². The molecule has 11 heteroatoms. The Bertz CT molecular complexity index is 1060. The van der Waals surface area contributed by atoms with Gasteiger partial charge < -0.3 is 39.7 Å². The lowest BCUT2D eigenvalue weighted by atomic mass is 9.87. The van der Waals surface area contributed by atoms with Crippen LogP contribution in [0.15, 0.2) is 23.8 Å². The van der Waals surface area contributed by atoms with Crippen LogP contribution in [0.2, 0.25) is 0 Å². The fourth-order valence-electron chi connectivity index (χ4n) is 5.69. The number of benzene rings is 1. The maximum atomic E-state index is 13.7. The smallest absolute Gasteiger partial charge is 0.247 e. The summed E-state index contributed by atoms with van der Waals surface area (Å²) in [4.78, 5) is 28.6. The molecule has 4 N–H and O–H groups in total. The number of aliphatic hydroxyl groups excluding tert-OH is 3. The number of carbonyl (C=O) groups is 2. The fourth-order valence-corrected chi connectivity index (χ4v) is 6.49. The van der Waals surface area contributed by atoms with Crippen molar-refractivity contribution in [2.75, 3.05) is 33.4 Å². The van der Waals surface area contributed by atoms with Crippen LogP contribution >= 0.6 is 22.6 Å². The van der Waals surface area contributed by atoms with Gasteiger partial charge in [-0.1, -0.05) is 25.7 Å². The lowest BCUT2D eigenvalue weighted by molar-refractivity contribution is -0.139. The normalized spacial score (nSPS) is 20.9. The van der Waals surface area contributed by atoms with Crippen molar-refractivity contribution in [2.24, 2.45) is 5.92 Å². The molecule has 2 amide bonds. The van der Waals surface area contributed by atoms with E-state index in [-0.39, 0.29) is 44.1 Å². The molecule has 236 valence electrons. The van der Waals surface area contributed by atoms with Gasteiger partial charge in [0.05, 0.1) is 36.0 Å². The van der Waals surface area contributed by atoms with Gasteiger partial charge in [0.2, 0.25) is 11.8 Å². The first-order chi connectivity index (χ1) is 20.2. The van der Waals surface area contributed by atoms with Crippen molar-refractivity contribution >= 4 is 34.4 Å². The average Bonchev–Trinajstić information content (AvgIpc) is 3.50. The van der Waals surface area contributed by atoms with Gasteiger partial charge in [0.15, 0.2) is 11.5 Å². The monoisotopic (exact) mass is 702 g/mol. The van der Waals surface area contributed by atoms with Crippen molar-refractivity contribution in [1.29, 1.82) is 0 Å². The fraction of sp³-hybridized carbons (Fsp3) is 0.677. The minimum absolute atomic E-state index is 0.0503. The molecular formula is C31H47IN2O8. The van der Waals surface area contributed by atoms with Gasteiger partial charge in [-0.15, -0.1) is 0 Å². The number of amides is 2. The van der Waals surface area contributed by atoms with Gasteiger partial charge in [-0.3, -0.25) is 9.59 Å². The average molecular weight is 703 g/mol. The zero-order valence-electron chi connectivity index (χ0n) is 25.0. The van der Waals surface area contributed by atoms with E-state index in [2.05, 4.69) is 27.9 Å². The minimum atomic E-state index is -1.13. The van der Waals surface area contributed by atoms with E-state index in [0.717, 1.165) is 19.3 Å². The second-order valence-electron chi connectivity index (χ2n) is 11.3. The van der Waals surface area contributed by atoms with Crippen LogP contribution in [0.25, 0.3) is 0 Å². The molecule has 10 nitrogen and oxygen atoms in total. The van der Waals surface area contributed by atoms with E-state index >= 15 is 0 Å². The third kappa shape index (κ3) is 9.80. The zero-order valence-corrected chi connectivity index (χ0v) is 27.2. The number of halogens is 1. The van der Waals surface area contributed by atoms with Gasteiger partial charge in [-0.2, -0.15) is 0 Å². The molecule has 42 heavy (non-hydrogen) atoms. The third-order valence-electron chi connectivity index (χ3n) is 7.90. The quantitative estimate of drug-likeness (QED) is 0.152. The van der Waals surface area contributed by atoms with Gasteiger partial charge in [0.25, 0.3) is 0 Å². The van der Waals surface area contributed by atoms with Crippen LogP contribution in [0.1, 0.15) is 70.8 Å². The molecular weight excluding hydrogens is 655 g/mol. The Balaban J connectivity index is 1.91. The predicted octanol–water partition coefficient (Wildman–Crippen LogP) is 3.32. The Hall–Kier alpha value is -1.93. The maximum Gasteiger partial charge on any atom is 0.247 e. The Morgan fingerprint density at radius 2 is 1.93 bits per heavy atom. The molecule has 3 atom stereocenters. The highest BCUT2D eigenvalue weighted by Gasteiger charge is 2.41. The highest BCUT2D eigenvalue weighted by molar-refractivity contribution is 14.1. The van der Waals surface area contributed by atoms with Crippen molar-refractivity contribution in [1.82, 2.24) is 10.2 Å². The minimum Gasteiger partial charge on any atom is -0.493 e. The van der Waals surface area contributed by atoms with Gasteiger partial charge in [0.1, 0.15) is 12.2 Å². The van der Waals surface area contributed by atoms with Crippen LogP contribution in [0, 0.1) is 9.49 Å². The molecule has 2 aliphatic rings. The summed E-state index contributed by atoms with van der Waals surface area (Å²) in [5, 5.41) is 33.3. The van der Waals surface area contributed by atoms with E-state index < -0.39 is 18.2 Å². The molecule has 1 saturated carbocycles. The number of carbonyl (C=O) groups excluding carboxylic acids is 2. The van der Waals surface area contributed by atoms with Crippen LogP contribution in [0.3, 0.4) is 0 Å². The summed E-state index contributed by atoms with van der Waals surface area (Å²) in [7, 11) is 1.49. The molecule has 1 fully saturated rings. The van der Waals surface area contributed by atoms with E-state index in [1.54, 1.807) is 23.1 Å². The first-order valence-corrected chi connectivity index (χ1v) is 16.1. The maximum absolute atomic E-state index is 13.7. The lowest BCUT2D eigenvalue weighted by Gasteiger charge is -2.41. The number of nitrogens with zero attached hydrogens (tertiary/aromatic N) is 1. The number of hydrogen-bond donors (Lipinski definition) is 4. The standard InChI is InChI=1S/C31H47IN2O8/c1-20(2)41-14-6-12-34(28(37)10-9-21-7-4-5-8-21)25-17-23(31(39)33-11-13-35)18-26(29(25)38)42-30-24(32)15-22(19-36)16-27(30)40-3/h15-16,18,20-21,25-26,29,35-36,38H,4-14,17,19H2,1-3H3,(H,33,39)/t25-,26+,29+/m1/s1. The highest BCUT2D eigenvalue weighted by atomic mass is 127. The Kier molecular flexibility index (Phi) is 14.3. The van der Waals surface area contributed by atoms with Gasteiger partial charge in [-0.25, -0.2) is 0 Å². The van der Waals surface area contributed by atoms with E-state index in [1.807, 2.05) is 13.8 Å². The van der Waals surface area contributed by atoms with Crippen LogP contribution in [0.4, 0.5) is 0 Å². The molecule has 0 aromatic heterocycles. The summed E-state index contributed by atoms with van der Waals surface area (Å²) in [6.45, 7) is 4.47. The molecule has 1 aromatic carbocycles. The van der Waals surface area contributed by atoms with Gasteiger partial charge >= 0.3 is 0 Å². The number of hydrogen-bond acceptors (Lipinski definition) is 8. The summed E-state index contributed by atoms with van der Waals surface area (Å²) in [5.41, 5.74) is 1.02. The van der Waals surface area contributed by atoms with E-state index in [9.17, 15) is 24.9 Å².